The van der Waals surface area contributed by atoms with E-state index >= 15 is 0 Å². The third kappa shape index (κ3) is 4.61. The fraction of sp³-hybridized carbons (Fsp3) is 0.583. The monoisotopic (exact) mass is 295 g/mol. The van der Waals surface area contributed by atoms with E-state index in [0.29, 0.717) is 17.8 Å². The summed E-state index contributed by atoms with van der Waals surface area (Å²) in [6.07, 6.45) is -0.770. The normalized spacial score (nSPS) is 13.7. The molecule has 1 aromatic heterocycles. The smallest absolute Gasteiger partial charge is 0.330 e. The lowest BCUT2D eigenvalue weighted by Crippen LogP contribution is -2.34. The predicted molar refractivity (Wildman–Crippen MR) is 66.8 cm³/mol. The molecule has 1 rings (SSSR count). The van der Waals surface area contributed by atoms with Gasteiger partial charge in [0.25, 0.3) is 0 Å². The van der Waals surface area contributed by atoms with E-state index in [-0.39, 0.29) is 6.61 Å². The summed E-state index contributed by atoms with van der Waals surface area (Å²) in [5.41, 5.74) is 6.76. The number of rotatable bonds is 8. The van der Waals surface area contributed by atoms with Crippen molar-refractivity contribution in [3.8, 4) is 0 Å². The molecule has 1 unspecified atom stereocenters. The molecule has 3 N–H and O–H groups in total. The minimum absolute atomic E-state index is 0.202. The molecule has 114 valence electrons. The maximum atomic E-state index is 12.7. The topological polar surface area (TPSA) is 60.2 Å². The first-order valence-corrected chi connectivity index (χ1v) is 6.05. The molecule has 1 heterocycles. The molecule has 20 heavy (non-hydrogen) atoms. The lowest BCUT2D eigenvalue weighted by atomic mass is 10.1. The molecule has 0 spiro atoms. The Labute approximate surface area is 114 Å². The molecule has 8 heteroatoms. The van der Waals surface area contributed by atoms with Crippen molar-refractivity contribution in [1.29, 1.82) is 0 Å². The molecule has 1 aromatic rings. The Hall–Kier alpha value is -1.41. The highest BCUT2D eigenvalue weighted by Crippen LogP contribution is 2.24. The second-order valence-electron chi connectivity index (χ2n) is 4.19. The van der Waals surface area contributed by atoms with E-state index < -0.39 is 25.0 Å². The Kier molecular flexibility index (Phi) is 6.15. The number of nitrogen functional groups attached to an aromatic ring is 1. The molecule has 0 saturated heterocycles. The zero-order valence-electron chi connectivity index (χ0n) is 11.0. The molecule has 1 atom stereocenters. The van der Waals surface area contributed by atoms with E-state index in [1.165, 1.54) is 12.4 Å². The molecule has 4 nitrogen and oxygen atoms in total. The largest absolute Gasteiger partial charge is 0.398 e. The van der Waals surface area contributed by atoms with Gasteiger partial charge in [0.05, 0.1) is 12.6 Å². The maximum Gasteiger partial charge on any atom is 0.330 e. The van der Waals surface area contributed by atoms with Crippen molar-refractivity contribution in [3.63, 3.8) is 0 Å². The van der Waals surface area contributed by atoms with Gasteiger partial charge in [-0.25, -0.2) is 8.78 Å². The van der Waals surface area contributed by atoms with Crippen LogP contribution >= 0.6 is 0 Å². The van der Waals surface area contributed by atoms with Gasteiger partial charge >= 0.3 is 12.3 Å². The van der Waals surface area contributed by atoms with Gasteiger partial charge in [0.1, 0.15) is 6.61 Å². The van der Waals surface area contributed by atoms with E-state index in [2.05, 4.69) is 10.3 Å². The van der Waals surface area contributed by atoms with Crippen LogP contribution in [-0.2, 0) is 4.74 Å². The van der Waals surface area contributed by atoms with Gasteiger partial charge in [-0.2, -0.15) is 8.78 Å². The van der Waals surface area contributed by atoms with Crippen LogP contribution in [0.15, 0.2) is 18.5 Å². The van der Waals surface area contributed by atoms with Gasteiger partial charge in [-0.05, 0) is 12.6 Å². The summed E-state index contributed by atoms with van der Waals surface area (Å²) in [6.45, 7) is 0.805. The van der Waals surface area contributed by atoms with E-state index in [0.717, 1.165) is 0 Å². The molecule has 0 amide bonds. The Balaban J connectivity index is 2.63. The van der Waals surface area contributed by atoms with Gasteiger partial charge in [-0.1, -0.05) is 6.92 Å². The third-order valence-corrected chi connectivity index (χ3v) is 2.61. The highest BCUT2D eigenvalue weighted by Gasteiger charge is 2.41. The molecule has 0 aliphatic carbocycles. The first kappa shape index (κ1) is 16.6. The number of hydrogen-bond donors (Lipinski definition) is 2. The summed E-state index contributed by atoms with van der Waals surface area (Å²) >= 11 is 0. The predicted octanol–water partition coefficient (Wildman–Crippen LogP) is 2.23. The lowest BCUT2D eigenvalue weighted by molar-refractivity contribution is -0.167. The average molecular weight is 295 g/mol. The summed E-state index contributed by atoms with van der Waals surface area (Å²) < 4.78 is 54.2. The van der Waals surface area contributed by atoms with Crippen molar-refractivity contribution in [3.05, 3.63) is 24.0 Å². The van der Waals surface area contributed by atoms with Crippen LogP contribution in [0.1, 0.15) is 18.5 Å². The standard InChI is InChI=1S/C12H17F4N3O/c1-2-19-10(8-5-18-4-3-9(8)17)6-20-7-12(15,16)11(13)14/h3-5,10-11,19H,2,6-7H2,1H3,(H2,17,18). The highest BCUT2D eigenvalue weighted by atomic mass is 19.3. The van der Waals surface area contributed by atoms with Crippen LogP contribution in [0.4, 0.5) is 23.2 Å². The average Bonchev–Trinajstić information content (AvgIpc) is 2.38. The number of hydrogen-bond acceptors (Lipinski definition) is 4. The second kappa shape index (κ2) is 7.39. The Morgan fingerprint density at radius 2 is 2.15 bits per heavy atom. The minimum Gasteiger partial charge on any atom is -0.398 e. The third-order valence-electron chi connectivity index (χ3n) is 2.61. The zero-order chi connectivity index (χ0) is 15.2. The van der Waals surface area contributed by atoms with Crippen molar-refractivity contribution in [2.24, 2.45) is 0 Å². The number of pyridine rings is 1. The van der Waals surface area contributed by atoms with E-state index in [1.807, 2.05) is 6.92 Å². The van der Waals surface area contributed by atoms with Crippen LogP contribution in [-0.4, -0.2) is 37.1 Å². The number of anilines is 1. The van der Waals surface area contributed by atoms with Crippen LogP contribution in [0, 0.1) is 0 Å². The molecule has 0 aliphatic heterocycles. The molecule has 0 bridgehead atoms. The first-order valence-electron chi connectivity index (χ1n) is 6.05. The summed E-state index contributed by atoms with van der Waals surface area (Å²) in [7, 11) is 0. The van der Waals surface area contributed by atoms with Crippen LogP contribution in [0.25, 0.3) is 0 Å². The summed E-state index contributed by atoms with van der Waals surface area (Å²) in [5, 5.41) is 2.98. The number of likely N-dealkylation sites (N-methyl/N-ethyl adjacent to an activating group) is 1. The maximum absolute atomic E-state index is 12.7. The summed E-state index contributed by atoms with van der Waals surface area (Å²) in [4.78, 5) is 3.89. The van der Waals surface area contributed by atoms with Gasteiger partial charge in [0.15, 0.2) is 0 Å². The zero-order valence-corrected chi connectivity index (χ0v) is 11.0. The van der Waals surface area contributed by atoms with E-state index in [4.69, 9.17) is 10.5 Å². The summed E-state index contributed by atoms with van der Waals surface area (Å²) in [5.74, 6) is -4.16. The van der Waals surface area contributed by atoms with Crippen molar-refractivity contribution in [2.75, 3.05) is 25.5 Å². The second-order valence-corrected chi connectivity index (χ2v) is 4.19. The number of nitrogens with two attached hydrogens (primary N) is 1. The number of ether oxygens (including phenoxy) is 1. The quantitative estimate of drug-likeness (QED) is 0.722. The van der Waals surface area contributed by atoms with Crippen molar-refractivity contribution in [2.45, 2.75) is 25.3 Å². The van der Waals surface area contributed by atoms with Gasteiger partial charge in [-0.15, -0.1) is 0 Å². The summed E-state index contributed by atoms with van der Waals surface area (Å²) in [6, 6.07) is 1.08. The van der Waals surface area contributed by atoms with E-state index in [1.54, 1.807) is 6.07 Å². The molecular weight excluding hydrogens is 278 g/mol. The van der Waals surface area contributed by atoms with Crippen molar-refractivity contribution < 1.29 is 22.3 Å². The number of aromatic nitrogens is 1. The lowest BCUT2D eigenvalue weighted by Gasteiger charge is -2.21. The number of nitrogens with one attached hydrogen (secondary N) is 1. The van der Waals surface area contributed by atoms with Crippen LogP contribution in [0.3, 0.4) is 0 Å². The molecule has 0 radical (unpaired) electrons. The van der Waals surface area contributed by atoms with Gasteiger partial charge < -0.3 is 15.8 Å². The van der Waals surface area contributed by atoms with Crippen molar-refractivity contribution in [1.82, 2.24) is 10.3 Å². The number of nitrogens with zero attached hydrogens (tertiary/aromatic N) is 1. The van der Waals surface area contributed by atoms with E-state index in [9.17, 15) is 17.6 Å². The molecular formula is C12H17F4N3O. The van der Waals surface area contributed by atoms with Gasteiger partial charge in [0, 0.05) is 23.6 Å². The van der Waals surface area contributed by atoms with Crippen molar-refractivity contribution >= 4 is 5.69 Å². The van der Waals surface area contributed by atoms with Crippen LogP contribution in [0.2, 0.25) is 0 Å². The molecule has 0 aliphatic rings. The SMILES string of the molecule is CCNC(COCC(F)(F)C(F)F)c1cnccc1N. The van der Waals surface area contributed by atoms with Crippen LogP contribution < -0.4 is 11.1 Å². The number of halogens is 4. The van der Waals surface area contributed by atoms with Crippen LogP contribution in [0.5, 0.6) is 0 Å². The molecule has 0 aromatic carbocycles. The minimum atomic E-state index is -4.16. The fourth-order valence-electron chi connectivity index (χ4n) is 1.59. The van der Waals surface area contributed by atoms with Gasteiger partial charge in [0.2, 0.25) is 0 Å². The molecule has 0 saturated carbocycles. The van der Waals surface area contributed by atoms with Gasteiger partial charge in [-0.3, -0.25) is 4.98 Å². The first-order chi connectivity index (χ1) is 9.38. The fourth-order valence-corrected chi connectivity index (χ4v) is 1.59. The Morgan fingerprint density at radius 1 is 1.45 bits per heavy atom. The highest BCUT2D eigenvalue weighted by molar-refractivity contribution is 5.46. The number of alkyl halides is 4. The molecule has 0 fully saturated rings. The Bertz CT molecular complexity index is 417. The Morgan fingerprint density at radius 3 is 2.70 bits per heavy atom.